The molecule has 0 fully saturated rings. The van der Waals surface area contributed by atoms with E-state index >= 15 is 0 Å². The maximum absolute atomic E-state index is 12.0. The second-order valence-electron chi connectivity index (χ2n) is 7.70. The summed E-state index contributed by atoms with van der Waals surface area (Å²) in [5.41, 5.74) is 1.82. The Hall–Kier alpha value is -2.08. The molecule has 3 N–H and O–H groups in total. The standard InChI is InChI=1S/C21H36N4O2/c1-7-8-13-23-19(26)17-11-9-16(10-12-17)14-24-20(22-5)25-15-18(27-6)21(2,3)4/h9-12,18H,7-8,13-15H2,1-6H3,(H,23,26)(H2,22,24,25). The van der Waals surface area contributed by atoms with E-state index in [4.69, 9.17) is 4.74 Å². The van der Waals surface area contributed by atoms with Crippen LogP contribution < -0.4 is 16.0 Å². The van der Waals surface area contributed by atoms with E-state index in [1.165, 1.54) is 0 Å². The summed E-state index contributed by atoms with van der Waals surface area (Å²) in [4.78, 5) is 16.3. The van der Waals surface area contributed by atoms with Gasteiger partial charge in [0.1, 0.15) is 0 Å². The van der Waals surface area contributed by atoms with Gasteiger partial charge in [0.2, 0.25) is 0 Å². The molecule has 0 aromatic heterocycles. The van der Waals surface area contributed by atoms with Crippen molar-refractivity contribution in [3.63, 3.8) is 0 Å². The highest BCUT2D eigenvalue weighted by Crippen LogP contribution is 2.20. The average Bonchev–Trinajstić information content (AvgIpc) is 2.64. The highest BCUT2D eigenvalue weighted by atomic mass is 16.5. The summed E-state index contributed by atoms with van der Waals surface area (Å²) in [7, 11) is 3.48. The lowest BCUT2D eigenvalue weighted by atomic mass is 9.89. The fourth-order valence-corrected chi connectivity index (χ4v) is 2.59. The summed E-state index contributed by atoms with van der Waals surface area (Å²) in [6, 6.07) is 7.63. The number of rotatable bonds is 9. The second-order valence-corrected chi connectivity index (χ2v) is 7.70. The van der Waals surface area contributed by atoms with Crippen LogP contribution in [0.2, 0.25) is 0 Å². The summed E-state index contributed by atoms with van der Waals surface area (Å²) < 4.78 is 5.56. The van der Waals surface area contributed by atoms with Crippen LogP contribution in [0, 0.1) is 5.41 Å². The maximum atomic E-state index is 12.0. The van der Waals surface area contributed by atoms with E-state index < -0.39 is 0 Å². The molecule has 6 nitrogen and oxygen atoms in total. The number of unbranched alkanes of at least 4 members (excludes halogenated alkanes) is 1. The van der Waals surface area contributed by atoms with Gasteiger partial charge in [-0.15, -0.1) is 0 Å². The summed E-state index contributed by atoms with van der Waals surface area (Å²) in [6.07, 6.45) is 2.15. The number of hydrogen-bond donors (Lipinski definition) is 3. The number of hydrogen-bond acceptors (Lipinski definition) is 3. The van der Waals surface area contributed by atoms with Gasteiger partial charge in [0.05, 0.1) is 6.10 Å². The largest absolute Gasteiger partial charge is 0.379 e. The fourth-order valence-electron chi connectivity index (χ4n) is 2.59. The second kappa shape index (κ2) is 11.6. The lowest BCUT2D eigenvalue weighted by Gasteiger charge is -2.30. The zero-order valence-corrected chi connectivity index (χ0v) is 17.7. The molecule has 0 heterocycles. The Morgan fingerprint density at radius 2 is 1.81 bits per heavy atom. The summed E-state index contributed by atoms with van der Waals surface area (Å²) in [5, 5.41) is 9.52. The number of methoxy groups -OCH3 is 1. The van der Waals surface area contributed by atoms with Crippen molar-refractivity contribution in [2.24, 2.45) is 10.4 Å². The van der Waals surface area contributed by atoms with Gasteiger partial charge in [-0.1, -0.05) is 46.2 Å². The maximum Gasteiger partial charge on any atom is 0.251 e. The Labute approximate surface area is 164 Å². The van der Waals surface area contributed by atoms with Crippen molar-refractivity contribution >= 4 is 11.9 Å². The first-order valence-corrected chi connectivity index (χ1v) is 9.66. The molecule has 0 aliphatic rings. The minimum Gasteiger partial charge on any atom is -0.379 e. The number of nitrogens with zero attached hydrogens (tertiary/aromatic N) is 1. The Kier molecular flexibility index (Phi) is 9.86. The predicted molar refractivity (Wildman–Crippen MR) is 112 cm³/mol. The van der Waals surface area contributed by atoms with Crippen LogP contribution in [0.5, 0.6) is 0 Å². The van der Waals surface area contributed by atoms with Crippen molar-refractivity contribution in [2.75, 3.05) is 27.2 Å². The zero-order chi connectivity index (χ0) is 20.3. The highest BCUT2D eigenvalue weighted by Gasteiger charge is 2.24. The molecule has 6 heteroatoms. The predicted octanol–water partition coefficient (Wildman–Crippen LogP) is 2.94. The van der Waals surface area contributed by atoms with Crippen molar-refractivity contribution in [3.8, 4) is 0 Å². The topological polar surface area (TPSA) is 74.8 Å². The van der Waals surface area contributed by atoms with E-state index in [1.54, 1.807) is 14.2 Å². The summed E-state index contributed by atoms with van der Waals surface area (Å²) in [6.45, 7) is 10.6. The highest BCUT2D eigenvalue weighted by molar-refractivity contribution is 5.94. The van der Waals surface area contributed by atoms with Gasteiger partial charge >= 0.3 is 0 Å². The normalized spacial score (nSPS) is 13.2. The van der Waals surface area contributed by atoms with Crippen LogP contribution in [-0.2, 0) is 11.3 Å². The van der Waals surface area contributed by atoms with E-state index in [2.05, 4.69) is 48.6 Å². The molecule has 27 heavy (non-hydrogen) atoms. The minimum atomic E-state index is -0.0202. The zero-order valence-electron chi connectivity index (χ0n) is 17.7. The van der Waals surface area contributed by atoms with E-state index in [1.807, 2.05) is 24.3 Å². The molecule has 1 atom stereocenters. The number of carbonyl (C=O) groups excluding carboxylic acids is 1. The van der Waals surface area contributed by atoms with Crippen molar-refractivity contribution in [2.45, 2.75) is 53.2 Å². The first kappa shape index (κ1) is 23.0. The minimum absolute atomic E-state index is 0.0202. The molecule has 1 aromatic carbocycles. The van der Waals surface area contributed by atoms with Crippen LogP contribution in [0.4, 0.5) is 0 Å². The van der Waals surface area contributed by atoms with Gasteiger partial charge in [0.25, 0.3) is 5.91 Å². The Balaban J connectivity index is 2.50. The monoisotopic (exact) mass is 376 g/mol. The fraction of sp³-hybridized carbons (Fsp3) is 0.619. The molecule has 1 amide bonds. The molecule has 152 valence electrons. The molecule has 0 bridgehead atoms. The lowest BCUT2D eigenvalue weighted by molar-refractivity contribution is 0.0205. The van der Waals surface area contributed by atoms with Crippen molar-refractivity contribution in [1.29, 1.82) is 0 Å². The van der Waals surface area contributed by atoms with Gasteiger partial charge in [-0.25, -0.2) is 0 Å². The number of nitrogens with one attached hydrogen (secondary N) is 3. The summed E-state index contributed by atoms with van der Waals surface area (Å²) >= 11 is 0. The molecular weight excluding hydrogens is 340 g/mol. The quantitative estimate of drug-likeness (QED) is 0.352. The number of ether oxygens (including phenoxy) is 1. The van der Waals surface area contributed by atoms with Crippen LogP contribution in [0.3, 0.4) is 0 Å². The van der Waals surface area contributed by atoms with E-state index in [0.717, 1.165) is 30.9 Å². The number of carbonyl (C=O) groups is 1. The molecule has 0 saturated carbocycles. The number of aliphatic imine (C=N–C) groups is 1. The van der Waals surface area contributed by atoms with Gasteiger partial charge in [-0.2, -0.15) is 0 Å². The number of amides is 1. The molecule has 0 aliphatic carbocycles. The third-order valence-electron chi connectivity index (χ3n) is 4.42. The van der Waals surface area contributed by atoms with Crippen molar-refractivity contribution < 1.29 is 9.53 Å². The SMILES string of the molecule is CCCCNC(=O)c1ccc(CNC(=NC)NCC(OC)C(C)(C)C)cc1. The van der Waals surface area contributed by atoms with Gasteiger partial charge in [-0.05, 0) is 29.5 Å². The number of benzene rings is 1. The van der Waals surface area contributed by atoms with Gasteiger partial charge in [0.15, 0.2) is 5.96 Å². The van der Waals surface area contributed by atoms with Gasteiger partial charge < -0.3 is 20.7 Å². The van der Waals surface area contributed by atoms with Gasteiger partial charge in [0, 0.05) is 39.4 Å². The lowest BCUT2D eigenvalue weighted by Crippen LogP contribution is -2.45. The summed E-state index contributed by atoms with van der Waals surface area (Å²) in [5.74, 6) is 0.705. The van der Waals surface area contributed by atoms with Crippen LogP contribution in [0.15, 0.2) is 29.3 Å². The van der Waals surface area contributed by atoms with Crippen LogP contribution >= 0.6 is 0 Å². The molecule has 0 radical (unpaired) electrons. The first-order chi connectivity index (χ1) is 12.8. The molecule has 1 aromatic rings. The molecular formula is C21H36N4O2. The molecule has 0 aliphatic heterocycles. The molecule has 1 rings (SSSR count). The van der Waals surface area contributed by atoms with E-state index in [0.29, 0.717) is 18.7 Å². The molecule has 1 unspecified atom stereocenters. The van der Waals surface area contributed by atoms with Crippen molar-refractivity contribution in [1.82, 2.24) is 16.0 Å². The van der Waals surface area contributed by atoms with Crippen LogP contribution in [-0.4, -0.2) is 45.2 Å². The average molecular weight is 377 g/mol. The van der Waals surface area contributed by atoms with E-state index in [-0.39, 0.29) is 17.4 Å². The van der Waals surface area contributed by atoms with Gasteiger partial charge in [-0.3, -0.25) is 9.79 Å². The van der Waals surface area contributed by atoms with Crippen molar-refractivity contribution in [3.05, 3.63) is 35.4 Å². The van der Waals surface area contributed by atoms with E-state index in [9.17, 15) is 4.79 Å². The molecule has 0 spiro atoms. The molecule has 0 saturated heterocycles. The van der Waals surface area contributed by atoms with Crippen LogP contribution in [0.1, 0.15) is 56.5 Å². The Morgan fingerprint density at radius 3 is 2.33 bits per heavy atom. The Bertz CT molecular complexity index is 591. The first-order valence-electron chi connectivity index (χ1n) is 9.66. The third-order valence-corrected chi connectivity index (χ3v) is 4.42. The van der Waals surface area contributed by atoms with Crippen LogP contribution in [0.25, 0.3) is 0 Å². The number of guanidine groups is 1. The smallest absolute Gasteiger partial charge is 0.251 e. The third kappa shape index (κ3) is 8.43. The Morgan fingerprint density at radius 1 is 1.15 bits per heavy atom.